The molecule has 4 aliphatic heterocycles. The third-order valence-electron chi connectivity index (χ3n) is 9.57. The lowest BCUT2D eigenvalue weighted by molar-refractivity contribution is -0.210. The topological polar surface area (TPSA) is 131 Å². The second-order valence-electron chi connectivity index (χ2n) is 10.7. The van der Waals surface area contributed by atoms with Crippen LogP contribution in [0, 0.1) is 11.3 Å². The van der Waals surface area contributed by atoms with Crippen LogP contribution in [0.5, 0.6) is 0 Å². The number of esters is 2. The van der Waals surface area contributed by atoms with Crippen molar-refractivity contribution >= 4 is 11.9 Å². The van der Waals surface area contributed by atoms with Gasteiger partial charge in [0, 0.05) is 23.5 Å². The average molecular weight is 434 g/mol. The number of aliphatic hydroxyl groups excluding tert-OH is 1. The van der Waals surface area contributed by atoms with Gasteiger partial charge < -0.3 is 33.9 Å². The number of hydrogen-bond acceptors (Lipinski definition) is 9. The molecule has 7 aliphatic rings. The van der Waals surface area contributed by atoms with Crippen molar-refractivity contribution < 1.29 is 43.5 Å². The number of carbonyl (C=O) groups excluding carboxylic acids is 2. The molecule has 0 aromatic carbocycles. The second kappa shape index (κ2) is 4.87. The Morgan fingerprint density at radius 1 is 1.19 bits per heavy atom. The van der Waals surface area contributed by atoms with E-state index in [4.69, 9.17) is 23.7 Å². The van der Waals surface area contributed by atoms with Crippen molar-refractivity contribution in [2.24, 2.45) is 11.3 Å². The molecule has 2 saturated carbocycles. The Hall–Kier alpha value is -1.52. The third-order valence-corrected chi connectivity index (χ3v) is 9.57. The monoisotopic (exact) mass is 434 g/mol. The number of carbonyl (C=O) groups is 2. The lowest BCUT2D eigenvalue weighted by Crippen LogP contribution is -2.78. The van der Waals surface area contributed by atoms with Gasteiger partial charge in [-0.1, -0.05) is 20.8 Å². The fraction of sp³-hybridized carbons (Fsp3) is 0.818. The Morgan fingerprint density at radius 2 is 1.94 bits per heavy atom. The fourth-order valence-corrected chi connectivity index (χ4v) is 8.07. The van der Waals surface area contributed by atoms with E-state index in [2.05, 4.69) is 0 Å². The molecule has 7 rings (SSSR count). The maximum Gasteiger partial charge on any atom is 0.334 e. The van der Waals surface area contributed by atoms with Gasteiger partial charge in [0.1, 0.15) is 47.8 Å². The van der Waals surface area contributed by atoms with Crippen LogP contribution in [-0.2, 0) is 33.3 Å². The molecule has 9 heteroatoms. The number of epoxide rings is 3. The summed E-state index contributed by atoms with van der Waals surface area (Å²) in [6.07, 6.45) is -2.74. The third kappa shape index (κ3) is 1.55. The van der Waals surface area contributed by atoms with Crippen molar-refractivity contribution in [1.29, 1.82) is 0 Å². The van der Waals surface area contributed by atoms with E-state index in [1.807, 2.05) is 20.8 Å². The summed E-state index contributed by atoms with van der Waals surface area (Å²) in [6, 6.07) is 0. The van der Waals surface area contributed by atoms with E-state index in [0.717, 1.165) is 0 Å². The lowest BCUT2D eigenvalue weighted by Gasteiger charge is -2.59. The molecule has 0 amide bonds. The largest absolute Gasteiger partial charge is 0.458 e. The summed E-state index contributed by atoms with van der Waals surface area (Å²) in [7, 11) is 0. The molecular weight excluding hydrogens is 408 g/mol. The highest BCUT2D eigenvalue weighted by atomic mass is 16.8. The van der Waals surface area contributed by atoms with Crippen molar-refractivity contribution in [2.75, 3.05) is 6.61 Å². The van der Waals surface area contributed by atoms with Crippen LogP contribution in [0.4, 0.5) is 0 Å². The summed E-state index contributed by atoms with van der Waals surface area (Å²) >= 11 is 0. The Balaban J connectivity index is 1.44. The van der Waals surface area contributed by atoms with Gasteiger partial charge in [-0.15, -0.1) is 0 Å². The Labute approximate surface area is 178 Å². The number of ether oxygens (including phenoxy) is 5. The van der Waals surface area contributed by atoms with Gasteiger partial charge in [-0.25, -0.2) is 4.79 Å². The molecule has 5 fully saturated rings. The van der Waals surface area contributed by atoms with E-state index < -0.39 is 58.1 Å². The van der Waals surface area contributed by atoms with Gasteiger partial charge in [0.05, 0.1) is 0 Å². The van der Waals surface area contributed by atoms with Crippen molar-refractivity contribution in [3.05, 3.63) is 11.1 Å². The Bertz CT molecular complexity index is 1000. The van der Waals surface area contributed by atoms with Crippen LogP contribution >= 0.6 is 0 Å². The van der Waals surface area contributed by atoms with E-state index in [9.17, 15) is 19.8 Å². The normalized spacial score (nSPS) is 59.5. The number of hydrogen-bond donors (Lipinski definition) is 2. The van der Waals surface area contributed by atoms with Crippen LogP contribution in [0.3, 0.4) is 0 Å². The zero-order valence-corrected chi connectivity index (χ0v) is 17.8. The Morgan fingerprint density at radius 3 is 2.61 bits per heavy atom. The number of rotatable bonds is 2. The molecule has 2 N–H and O–H groups in total. The molecule has 0 unspecified atom stereocenters. The summed E-state index contributed by atoms with van der Waals surface area (Å²) in [4.78, 5) is 24.4. The summed E-state index contributed by atoms with van der Waals surface area (Å²) in [5, 5.41) is 23.6. The molecule has 0 aromatic rings. The first kappa shape index (κ1) is 19.0. The van der Waals surface area contributed by atoms with E-state index in [1.54, 1.807) is 0 Å². The molecule has 0 aromatic heterocycles. The van der Waals surface area contributed by atoms with Crippen molar-refractivity contribution in [3.63, 3.8) is 0 Å². The lowest BCUT2D eigenvalue weighted by atomic mass is 9.44. The molecule has 2 spiro atoms. The first-order valence-corrected chi connectivity index (χ1v) is 11.0. The quantitative estimate of drug-likeness (QED) is 0.447. The average Bonchev–Trinajstić information content (AvgIpc) is 3.59. The van der Waals surface area contributed by atoms with Gasteiger partial charge in [0.25, 0.3) is 0 Å². The van der Waals surface area contributed by atoms with E-state index >= 15 is 0 Å². The van der Waals surface area contributed by atoms with Crippen molar-refractivity contribution in [1.82, 2.24) is 0 Å². The van der Waals surface area contributed by atoms with Crippen LogP contribution in [0.15, 0.2) is 11.1 Å². The molecule has 9 nitrogen and oxygen atoms in total. The number of aliphatic hydroxyl groups is 2. The molecule has 31 heavy (non-hydrogen) atoms. The van der Waals surface area contributed by atoms with Gasteiger partial charge in [0.2, 0.25) is 0 Å². The summed E-state index contributed by atoms with van der Waals surface area (Å²) in [6.45, 7) is 7.20. The molecule has 0 radical (unpaired) electrons. The summed E-state index contributed by atoms with van der Waals surface area (Å²) in [5.74, 6) is -0.876. The van der Waals surface area contributed by atoms with Crippen LogP contribution < -0.4 is 0 Å². The second-order valence-corrected chi connectivity index (χ2v) is 10.7. The van der Waals surface area contributed by atoms with Crippen LogP contribution in [0.25, 0.3) is 0 Å². The van der Waals surface area contributed by atoms with Gasteiger partial charge in [0.15, 0.2) is 11.7 Å². The fourth-order valence-electron chi connectivity index (χ4n) is 8.07. The molecule has 3 saturated heterocycles. The maximum absolute atomic E-state index is 12.2. The van der Waals surface area contributed by atoms with E-state index in [1.165, 1.54) is 6.92 Å². The SMILES string of the molecule is CC(=O)O[C@@H]1[C@@]2(C(C)C)O[C@H]2[C@@H]2O[C@]23[C@]12O[C@H]2[C@H](O)[C@@]1(O)C2=C(CC[C@]31C)C(=O)OC2. The minimum absolute atomic E-state index is 0.0237. The van der Waals surface area contributed by atoms with Gasteiger partial charge >= 0.3 is 11.9 Å². The smallest absolute Gasteiger partial charge is 0.334 e. The molecule has 10 atom stereocenters. The summed E-state index contributed by atoms with van der Waals surface area (Å²) in [5.41, 5.74) is -4.73. The van der Waals surface area contributed by atoms with Gasteiger partial charge in [-0.2, -0.15) is 0 Å². The van der Waals surface area contributed by atoms with Crippen molar-refractivity contribution in [3.8, 4) is 0 Å². The highest BCUT2D eigenvalue weighted by molar-refractivity contribution is 5.93. The minimum atomic E-state index is -1.75. The van der Waals surface area contributed by atoms with Crippen molar-refractivity contribution in [2.45, 2.75) is 93.5 Å². The first-order valence-electron chi connectivity index (χ1n) is 11.0. The predicted molar refractivity (Wildman–Crippen MR) is 99.5 cm³/mol. The number of cyclic esters (lactones) is 1. The predicted octanol–water partition coefficient (Wildman–Crippen LogP) is -0.240. The maximum atomic E-state index is 12.2. The standard InChI is InChI=1S/C22H26O9/c1-8(2)19-14(29-19)15-22(31-15)18(4)6-5-10-11(7-27-16(10)25)20(18,26)12(24)13-21(22,30-13)17(19)28-9(3)23/h8,12-15,17,24,26H,5-7H2,1-4H3/t12-,13-,14-,15-,17+,18-,19-,20-,21+,22+/m0/s1. The summed E-state index contributed by atoms with van der Waals surface area (Å²) < 4.78 is 30.1. The van der Waals surface area contributed by atoms with Gasteiger partial charge in [-0.05, 0) is 18.8 Å². The first-order chi connectivity index (χ1) is 14.5. The van der Waals surface area contributed by atoms with E-state index in [0.29, 0.717) is 24.0 Å². The van der Waals surface area contributed by atoms with Gasteiger partial charge in [-0.3, -0.25) is 4.79 Å². The molecule has 3 aliphatic carbocycles. The highest BCUT2D eigenvalue weighted by Gasteiger charge is 3.04. The van der Waals surface area contributed by atoms with Crippen LogP contribution in [0.2, 0.25) is 0 Å². The molecular formula is C22H26O9. The van der Waals surface area contributed by atoms with Crippen LogP contribution in [0.1, 0.15) is 40.5 Å². The molecule has 4 heterocycles. The molecule has 0 bridgehead atoms. The Kier molecular flexibility index (Phi) is 2.98. The zero-order valence-electron chi connectivity index (χ0n) is 17.8. The van der Waals surface area contributed by atoms with Crippen LogP contribution in [-0.4, -0.2) is 81.7 Å². The number of fused-ring (bicyclic) bond motifs is 4. The van der Waals surface area contributed by atoms with E-state index in [-0.39, 0.29) is 24.7 Å². The zero-order chi connectivity index (χ0) is 21.9. The highest BCUT2D eigenvalue weighted by Crippen LogP contribution is 2.83. The minimum Gasteiger partial charge on any atom is -0.458 e. The molecule has 168 valence electrons.